The molecule has 0 bridgehead atoms. The maximum Gasteiger partial charge on any atom is 0.271 e. The molecule has 1 N–H and O–H groups in total. The predicted molar refractivity (Wildman–Crippen MR) is 170 cm³/mol. The van der Waals surface area contributed by atoms with Crippen molar-refractivity contribution in [2.24, 2.45) is 0 Å². The molecule has 2 aliphatic rings. The molecule has 0 radical (unpaired) electrons. The van der Waals surface area contributed by atoms with E-state index >= 15 is 4.79 Å². The van der Waals surface area contributed by atoms with Gasteiger partial charge in [0, 0.05) is 30.3 Å². The Morgan fingerprint density at radius 1 is 1.09 bits per heavy atom. The number of carbonyl (C=O) groups excluding carboxylic acids is 1. The van der Waals surface area contributed by atoms with Crippen LogP contribution in [0.4, 0.5) is 5.69 Å². The van der Waals surface area contributed by atoms with Crippen LogP contribution in [-0.4, -0.2) is 51.0 Å². The number of nitriles is 1. The van der Waals surface area contributed by atoms with Crippen LogP contribution in [0.1, 0.15) is 60.9 Å². The van der Waals surface area contributed by atoms with Crippen molar-refractivity contribution in [2.45, 2.75) is 55.8 Å². The van der Waals surface area contributed by atoms with Crippen molar-refractivity contribution in [2.75, 3.05) is 25.1 Å². The second-order valence-electron chi connectivity index (χ2n) is 11.6. The van der Waals surface area contributed by atoms with Crippen molar-refractivity contribution < 1.29 is 27.1 Å². The van der Waals surface area contributed by atoms with Crippen LogP contribution in [-0.2, 0) is 26.9 Å². The first-order chi connectivity index (χ1) is 22.2. The molecule has 0 saturated carbocycles. The van der Waals surface area contributed by atoms with E-state index < -0.39 is 27.5 Å². The van der Waals surface area contributed by atoms with Gasteiger partial charge >= 0.3 is 0 Å². The monoisotopic (exact) mass is 641 g/mol. The van der Waals surface area contributed by atoms with E-state index in [9.17, 15) is 13.7 Å². The molecule has 2 unspecified atom stereocenters. The molecule has 12 heteroatoms. The van der Waals surface area contributed by atoms with Gasteiger partial charge in [0.2, 0.25) is 5.89 Å². The van der Waals surface area contributed by atoms with E-state index in [4.69, 9.17) is 13.9 Å². The highest BCUT2D eigenvalue weighted by Crippen LogP contribution is 2.56. The smallest absolute Gasteiger partial charge is 0.271 e. The van der Waals surface area contributed by atoms with Crippen LogP contribution in [0.3, 0.4) is 0 Å². The number of nitrogens with zero attached hydrogens (tertiary/aromatic N) is 4. The third kappa shape index (κ3) is 5.01. The number of likely N-dealkylation sites (tertiary alicyclic amines) is 1. The standard InChI is InChI=1S/C34H35N5O6S/c1-22(2)37-21-24-8-14-31(44-4)28(19-24)34(38-16-5-6-30(38)32-36-15-17-45-32)27-18-23(20-35)7-13-29(27)39(33(34)40)46(41,42)26-11-9-25(43-3)10-12-26/h7-15,17-19,22,30,37H,5-6,16,21H2,1-4H3. The van der Waals surface area contributed by atoms with Crippen molar-refractivity contribution in [3.8, 4) is 17.6 Å². The molecule has 0 aliphatic carbocycles. The van der Waals surface area contributed by atoms with E-state index in [1.54, 1.807) is 18.3 Å². The number of nitrogens with one attached hydrogen (secondary N) is 1. The Balaban J connectivity index is 1.67. The van der Waals surface area contributed by atoms with Gasteiger partial charge in [0.05, 0.1) is 48.7 Å². The minimum atomic E-state index is -4.45. The molecule has 1 amide bonds. The summed E-state index contributed by atoms with van der Waals surface area (Å²) in [5, 5.41) is 13.4. The molecule has 11 nitrogen and oxygen atoms in total. The summed E-state index contributed by atoms with van der Waals surface area (Å²) in [6.07, 6.45) is 4.34. The fourth-order valence-electron chi connectivity index (χ4n) is 6.52. The summed E-state index contributed by atoms with van der Waals surface area (Å²) >= 11 is 0. The van der Waals surface area contributed by atoms with Crippen LogP contribution in [0, 0.1) is 11.3 Å². The lowest BCUT2D eigenvalue weighted by atomic mass is 9.79. The summed E-state index contributed by atoms with van der Waals surface area (Å²) in [7, 11) is -1.44. The molecule has 46 heavy (non-hydrogen) atoms. The van der Waals surface area contributed by atoms with Crippen LogP contribution >= 0.6 is 0 Å². The zero-order valence-corrected chi connectivity index (χ0v) is 26.9. The molecule has 3 heterocycles. The van der Waals surface area contributed by atoms with Crippen molar-refractivity contribution in [1.29, 1.82) is 5.26 Å². The number of fused-ring (bicyclic) bond motifs is 1. The van der Waals surface area contributed by atoms with Gasteiger partial charge in [-0.15, -0.1) is 0 Å². The maximum atomic E-state index is 15.5. The molecule has 1 aromatic heterocycles. The minimum absolute atomic E-state index is 0.0831. The van der Waals surface area contributed by atoms with Crippen LogP contribution in [0.15, 0.2) is 82.4 Å². The Kier molecular flexibility index (Phi) is 8.33. The van der Waals surface area contributed by atoms with E-state index in [1.165, 1.54) is 56.9 Å². The molecule has 0 spiro atoms. The number of ether oxygens (including phenoxy) is 2. The van der Waals surface area contributed by atoms with E-state index in [0.717, 1.165) is 9.87 Å². The van der Waals surface area contributed by atoms with Gasteiger partial charge in [0.25, 0.3) is 15.9 Å². The maximum absolute atomic E-state index is 15.5. The third-order valence-corrected chi connectivity index (χ3v) is 10.3. The molecule has 3 aromatic carbocycles. The zero-order chi connectivity index (χ0) is 32.6. The second kappa shape index (κ2) is 12.2. The van der Waals surface area contributed by atoms with Gasteiger partial charge in [-0.2, -0.15) is 5.26 Å². The number of oxazole rings is 1. The fraction of sp³-hybridized carbons (Fsp3) is 0.324. The number of anilines is 1. The van der Waals surface area contributed by atoms with E-state index in [2.05, 4.69) is 16.4 Å². The topological polar surface area (TPSA) is 138 Å². The largest absolute Gasteiger partial charge is 0.497 e. The molecular weight excluding hydrogens is 606 g/mol. The Morgan fingerprint density at radius 2 is 1.87 bits per heavy atom. The molecule has 2 atom stereocenters. The lowest BCUT2D eigenvalue weighted by Crippen LogP contribution is -2.54. The van der Waals surface area contributed by atoms with E-state index in [-0.39, 0.29) is 22.2 Å². The molecule has 6 rings (SSSR count). The second-order valence-corrected chi connectivity index (χ2v) is 13.4. The average molecular weight is 642 g/mol. The number of amides is 1. The Hall–Kier alpha value is -4.70. The van der Waals surface area contributed by atoms with E-state index in [1.807, 2.05) is 30.9 Å². The quantitative estimate of drug-likeness (QED) is 0.255. The van der Waals surface area contributed by atoms with Gasteiger partial charge in [-0.25, -0.2) is 17.7 Å². The van der Waals surface area contributed by atoms with Crippen molar-refractivity contribution in [3.63, 3.8) is 0 Å². The highest BCUT2D eigenvalue weighted by molar-refractivity contribution is 7.93. The van der Waals surface area contributed by atoms with E-state index in [0.29, 0.717) is 54.4 Å². The van der Waals surface area contributed by atoms with Crippen molar-refractivity contribution >= 4 is 21.6 Å². The molecule has 4 aromatic rings. The number of hydrogen-bond donors (Lipinski definition) is 1. The van der Waals surface area contributed by atoms with Gasteiger partial charge in [-0.05, 0) is 73.0 Å². The number of sulfonamides is 1. The molecule has 1 saturated heterocycles. The van der Waals surface area contributed by atoms with Gasteiger partial charge < -0.3 is 19.2 Å². The average Bonchev–Trinajstić information content (AvgIpc) is 3.82. The molecule has 1 fully saturated rings. The molecule has 2 aliphatic heterocycles. The Labute approximate surface area is 268 Å². The molecular formula is C34H35N5O6S. The first-order valence-electron chi connectivity index (χ1n) is 15.0. The zero-order valence-electron chi connectivity index (χ0n) is 26.1. The van der Waals surface area contributed by atoms with Crippen LogP contribution < -0.4 is 19.1 Å². The van der Waals surface area contributed by atoms with Gasteiger partial charge in [0.1, 0.15) is 17.8 Å². The number of aromatic nitrogens is 1. The first-order valence-corrected chi connectivity index (χ1v) is 16.5. The van der Waals surface area contributed by atoms with Gasteiger partial charge in [-0.1, -0.05) is 19.9 Å². The SMILES string of the molecule is COc1ccc(S(=O)(=O)N2C(=O)C(c3cc(CNC(C)C)ccc3OC)(N3CCCC3c3ncco3)c3cc(C#N)ccc32)cc1. The van der Waals surface area contributed by atoms with Crippen LogP contribution in [0.5, 0.6) is 11.5 Å². The van der Waals surface area contributed by atoms with Crippen molar-refractivity contribution in [3.05, 3.63) is 101 Å². The highest BCUT2D eigenvalue weighted by Gasteiger charge is 2.62. The fourth-order valence-corrected chi connectivity index (χ4v) is 7.98. The Morgan fingerprint density at radius 3 is 2.52 bits per heavy atom. The third-order valence-electron chi connectivity index (χ3n) is 8.61. The summed E-state index contributed by atoms with van der Waals surface area (Å²) in [5.41, 5.74) is 0.410. The summed E-state index contributed by atoms with van der Waals surface area (Å²) in [5.74, 6) is 0.578. The summed E-state index contributed by atoms with van der Waals surface area (Å²) in [6.45, 7) is 5.00. The number of rotatable bonds is 10. The number of hydrogen-bond acceptors (Lipinski definition) is 10. The lowest BCUT2D eigenvalue weighted by Gasteiger charge is -2.41. The van der Waals surface area contributed by atoms with Gasteiger partial charge in [-0.3, -0.25) is 9.69 Å². The summed E-state index contributed by atoms with van der Waals surface area (Å²) in [6, 6.07) is 18.1. The molecule has 238 valence electrons. The van der Waals surface area contributed by atoms with Crippen molar-refractivity contribution in [1.82, 2.24) is 15.2 Å². The minimum Gasteiger partial charge on any atom is -0.497 e. The van der Waals surface area contributed by atoms with Crippen LogP contribution in [0.25, 0.3) is 0 Å². The first kappa shape index (κ1) is 31.3. The van der Waals surface area contributed by atoms with Gasteiger partial charge in [0.15, 0.2) is 5.54 Å². The summed E-state index contributed by atoms with van der Waals surface area (Å²) < 4.78 is 46.8. The number of benzene rings is 3. The normalized spacial score (nSPS) is 19.8. The number of carbonyl (C=O) groups is 1. The van der Waals surface area contributed by atoms with Crippen LogP contribution in [0.2, 0.25) is 0 Å². The summed E-state index contributed by atoms with van der Waals surface area (Å²) in [4.78, 5) is 21.8. The Bertz CT molecular complexity index is 1900. The number of methoxy groups -OCH3 is 2. The predicted octanol–water partition coefficient (Wildman–Crippen LogP) is 4.88. The lowest BCUT2D eigenvalue weighted by molar-refractivity contribution is -0.127. The highest BCUT2D eigenvalue weighted by atomic mass is 32.2.